The standard InChI is InChI=1S/C13H21N3O2/c1-10(2)16-8-5-14-12(13(16)18)15-6-3-11(9-17)4-7-15/h5,8,10-11,17H,3-4,6-7,9H2,1-2H3. The van der Waals surface area contributed by atoms with Crippen molar-refractivity contribution in [3.63, 3.8) is 0 Å². The summed E-state index contributed by atoms with van der Waals surface area (Å²) < 4.78 is 1.71. The molecule has 1 N–H and O–H groups in total. The van der Waals surface area contributed by atoms with Crippen LogP contribution >= 0.6 is 0 Å². The van der Waals surface area contributed by atoms with Crippen molar-refractivity contribution in [2.75, 3.05) is 24.6 Å². The van der Waals surface area contributed by atoms with Gasteiger partial charge in [0, 0.05) is 38.1 Å². The Bertz CT molecular complexity index is 448. The Labute approximate surface area is 107 Å². The fourth-order valence-corrected chi connectivity index (χ4v) is 2.37. The highest BCUT2D eigenvalue weighted by Gasteiger charge is 2.22. The topological polar surface area (TPSA) is 58.4 Å². The molecule has 0 atom stereocenters. The number of rotatable bonds is 3. The fraction of sp³-hybridized carbons (Fsp3) is 0.692. The highest BCUT2D eigenvalue weighted by molar-refractivity contribution is 5.36. The quantitative estimate of drug-likeness (QED) is 0.872. The molecule has 0 aliphatic carbocycles. The Kier molecular flexibility index (Phi) is 4.01. The van der Waals surface area contributed by atoms with Gasteiger partial charge in [0.15, 0.2) is 5.82 Å². The van der Waals surface area contributed by atoms with E-state index in [4.69, 9.17) is 5.11 Å². The van der Waals surface area contributed by atoms with Gasteiger partial charge in [0.25, 0.3) is 5.56 Å². The van der Waals surface area contributed by atoms with Gasteiger partial charge in [-0.2, -0.15) is 0 Å². The molecule has 1 saturated heterocycles. The minimum absolute atomic E-state index is 0.0186. The van der Waals surface area contributed by atoms with Crippen LogP contribution in [0.3, 0.4) is 0 Å². The van der Waals surface area contributed by atoms with Gasteiger partial charge in [-0.05, 0) is 32.6 Å². The highest BCUT2D eigenvalue weighted by Crippen LogP contribution is 2.19. The Hall–Kier alpha value is -1.36. The van der Waals surface area contributed by atoms with E-state index in [1.807, 2.05) is 18.7 Å². The summed E-state index contributed by atoms with van der Waals surface area (Å²) >= 11 is 0. The molecule has 0 radical (unpaired) electrons. The zero-order chi connectivity index (χ0) is 13.1. The van der Waals surface area contributed by atoms with Crippen LogP contribution < -0.4 is 10.5 Å². The lowest BCUT2D eigenvalue weighted by Crippen LogP contribution is -2.40. The van der Waals surface area contributed by atoms with Gasteiger partial charge in [-0.3, -0.25) is 4.79 Å². The summed E-state index contributed by atoms with van der Waals surface area (Å²) in [5, 5.41) is 9.12. The van der Waals surface area contributed by atoms with Crippen LogP contribution in [-0.4, -0.2) is 34.4 Å². The van der Waals surface area contributed by atoms with Crippen molar-refractivity contribution in [2.24, 2.45) is 5.92 Å². The van der Waals surface area contributed by atoms with Crippen LogP contribution in [-0.2, 0) is 0 Å². The first-order valence-electron chi connectivity index (χ1n) is 6.56. The third-order valence-electron chi connectivity index (χ3n) is 3.58. The zero-order valence-corrected chi connectivity index (χ0v) is 11.0. The van der Waals surface area contributed by atoms with Crippen LogP contribution in [0.25, 0.3) is 0 Å². The number of hydrogen-bond donors (Lipinski definition) is 1. The van der Waals surface area contributed by atoms with Crippen molar-refractivity contribution in [3.8, 4) is 0 Å². The first kappa shape index (κ1) is 13.1. The number of aliphatic hydroxyl groups is 1. The largest absolute Gasteiger partial charge is 0.396 e. The normalized spacial score (nSPS) is 17.4. The van der Waals surface area contributed by atoms with E-state index in [0.29, 0.717) is 11.7 Å². The molecule has 5 nitrogen and oxygen atoms in total. The molecule has 1 aliphatic heterocycles. The summed E-state index contributed by atoms with van der Waals surface area (Å²) in [5.41, 5.74) is -0.0186. The van der Waals surface area contributed by atoms with Gasteiger partial charge in [-0.1, -0.05) is 0 Å². The SMILES string of the molecule is CC(C)n1ccnc(N2CCC(CO)CC2)c1=O. The zero-order valence-electron chi connectivity index (χ0n) is 11.0. The van der Waals surface area contributed by atoms with E-state index in [-0.39, 0.29) is 18.2 Å². The van der Waals surface area contributed by atoms with Crippen molar-refractivity contribution in [2.45, 2.75) is 32.7 Å². The highest BCUT2D eigenvalue weighted by atomic mass is 16.3. The summed E-state index contributed by atoms with van der Waals surface area (Å²) in [5.74, 6) is 0.917. The van der Waals surface area contributed by atoms with Crippen LogP contribution in [0.5, 0.6) is 0 Å². The molecule has 0 unspecified atom stereocenters. The average Bonchev–Trinajstić information content (AvgIpc) is 2.39. The summed E-state index contributed by atoms with van der Waals surface area (Å²) in [6.07, 6.45) is 5.27. The molecule has 0 spiro atoms. The maximum absolute atomic E-state index is 12.3. The van der Waals surface area contributed by atoms with E-state index in [0.717, 1.165) is 25.9 Å². The predicted octanol–water partition coefficient (Wildman–Crippen LogP) is 1.03. The summed E-state index contributed by atoms with van der Waals surface area (Å²) in [7, 11) is 0. The Morgan fingerprint density at radius 2 is 2.11 bits per heavy atom. The average molecular weight is 251 g/mol. The number of piperidine rings is 1. The minimum atomic E-state index is -0.0186. The van der Waals surface area contributed by atoms with E-state index in [1.54, 1.807) is 17.0 Å². The molecule has 2 rings (SSSR count). The number of hydrogen-bond acceptors (Lipinski definition) is 4. The third-order valence-corrected chi connectivity index (χ3v) is 3.58. The molecule has 2 heterocycles. The van der Waals surface area contributed by atoms with Crippen molar-refractivity contribution in [3.05, 3.63) is 22.7 Å². The first-order valence-corrected chi connectivity index (χ1v) is 6.56. The van der Waals surface area contributed by atoms with Crippen molar-refractivity contribution < 1.29 is 5.11 Å². The molecule has 0 saturated carbocycles. The Morgan fingerprint density at radius 1 is 1.44 bits per heavy atom. The molecule has 0 aromatic carbocycles. The summed E-state index contributed by atoms with van der Waals surface area (Å²) in [6.45, 7) is 5.82. The second-order valence-electron chi connectivity index (χ2n) is 5.17. The number of nitrogens with zero attached hydrogens (tertiary/aromatic N) is 3. The van der Waals surface area contributed by atoms with Gasteiger partial charge in [0.2, 0.25) is 0 Å². The molecule has 1 aliphatic rings. The van der Waals surface area contributed by atoms with E-state index < -0.39 is 0 Å². The van der Waals surface area contributed by atoms with Gasteiger partial charge in [-0.15, -0.1) is 0 Å². The third kappa shape index (κ3) is 2.56. The van der Waals surface area contributed by atoms with Crippen LogP contribution in [0.4, 0.5) is 5.82 Å². The second-order valence-corrected chi connectivity index (χ2v) is 5.17. The van der Waals surface area contributed by atoms with Crippen LogP contribution in [0.1, 0.15) is 32.7 Å². The van der Waals surface area contributed by atoms with Crippen LogP contribution in [0, 0.1) is 5.92 Å². The summed E-state index contributed by atoms with van der Waals surface area (Å²) in [6, 6.07) is 0.147. The predicted molar refractivity (Wildman–Crippen MR) is 70.9 cm³/mol. The number of aromatic nitrogens is 2. The molecular weight excluding hydrogens is 230 g/mol. The molecule has 0 amide bonds. The molecule has 1 fully saturated rings. The molecule has 1 aromatic rings. The molecule has 100 valence electrons. The van der Waals surface area contributed by atoms with Gasteiger partial charge in [0.1, 0.15) is 0 Å². The first-order chi connectivity index (χ1) is 8.63. The van der Waals surface area contributed by atoms with Crippen molar-refractivity contribution in [1.29, 1.82) is 0 Å². The Balaban J connectivity index is 2.20. The van der Waals surface area contributed by atoms with E-state index in [2.05, 4.69) is 4.98 Å². The van der Waals surface area contributed by atoms with Crippen molar-refractivity contribution >= 4 is 5.82 Å². The maximum atomic E-state index is 12.3. The lowest BCUT2D eigenvalue weighted by Gasteiger charge is -2.31. The second kappa shape index (κ2) is 5.52. The van der Waals surface area contributed by atoms with Gasteiger partial charge in [-0.25, -0.2) is 4.98 Å². The molecule has 0 bridgehead atoms. The van der Waals surface area contributed by atoms with Crippen molar-refractivity contribution in [1.82, 2.24) is 9.55 Å². The number of aliphatic hydroxyl groups excluding tert-OH is 1. The maximum Gasteiger partial charge on any atom is 0.293 e. The monoisotopic (exact) mass is 251 g/mol. The summed E-state index contributed by atoms with van der Waals surface area (Å²) in [4.78, 5) is 18.5. The van der Waals surface area contributed by atoms with E-state index in [1.165, 1.54) is 0 Å². The van der Waals surface area contributed by atoms with Crippen LogP contribution in [0.15, 0.2) is 17.2 Å². The van der Waals surface area contributed by atoms with Gasteiger partial charge >= 0.3 is 0 Å². The molecule has 1 aromatic heterocycles. The Morgan fingerprint density at radius 3 is 2.67 bits per heavy atom. The van der Waals surface area contributed by atoms with E-state index in [9.17, 15) is 4.79 Å². The smallest absolute Gasteiger partial charge is 0.293 e. The lowest BCUT2D eigenvalue weighted by atomic mass is 9.98. The van der Waals surface area contributed by atoms with Crippen LogP contribution in [0.2, 0.25) is 0 Å². The van der Waals surface area contributed by atoms with Gasteiger partial charge in [0.05, 0.1) is 0 Å². The van der Waals surface area contributed by atoms with Gasteiger partial charge < -0.3 is 14.6 Å². The lowest BCUT2D eigenvalue weighted by molar-refractivity contribution is 0.202. The molecule has 5 heteroatoms. The molecular formula is C13H21N3O2. The van der Waals surface area contributed by atoms with E-state index >= 15 is 0 Å². The fourth-order valence-electron chi connectivity index (χ4n) is 2.37. The number of anilines is 1. The molecule has 18 heavy (non-hydrogen) atoms. The minimum Gasteiger partial charge on any atom is -0.396 e.